The highest BCUT2D eigenvalue weighted by atomic mass is 35.5. The second-order valence-corrected chi connectivity index (χ2v) is 9.68. The maximum atomic E-state index is 12.5. The van der Waals surface area contributed by atoms with Gasteiger partial charge in [-0.3, -0.25) is 4.79 Å². The fourth-order valence-electron chi connectivity index (χ4n) is 3.50. The number of sulfonamides is 1. The first-order chi connectivity index (χ1) is 13.2. The number of nitrogens with one attached hydrogen (secondary N) is 1. The van der Waals surface area contributed by atoms with E-state index in [2.05, 4.69) is 17.4 Å². The summed E-state index contributed by atoms with van der Waals surface area (Å²) in [5.74, 6) is -0.342. The average molecular weight is 421 g/mol. The molecular weight excluding hydrogens is 396 g/mol. The SMILES string of the molecule is C[C@H](NC(=O)CN(Cc1ccccc1Cl)S(C)(=O)=O)c1ccc2c(c1)CCC2. The van der Waals surface area contributed by atoms with Crippen molar-refractivity contribution in [3.05, 3.63) is 69.7 Å². The van der Waals surface area contributed by atoms with Crippen molar-refractivity contribution in [2.24, 2.45) is 0 Å². The minimum absolute atomic E-state index is 0.0547. The zero-order valence-corrected chi connectivity index (χ0v) is 17.7. The summed E-state index contributed by atoms with van der Waals surface area (Å²) in [6.07, 6.45) is 4.46. The Kier molecular flexibility index (Phi) is 6.43. The lowest BCUT2D eigenvalue weighted by Gasteiger charge is -2.22. The lowest BCUT2D eigenvalue weighted by molar-refractivity contribution is -0.122. The summed E-state index contributed by atoms with van der Waals surface area (Å²) in [5.41, 5.74) is 4.42. The summed E-state index contributed by atoms with van der Waals surface area (Å²) in [6.45, 7) is 1.71. The third-order valence-corrected chi connectivity index (χ3v) is 6.66. The van der Waals surface area contributed by atoms with Crippen LogP contribution in [0.2, 0.25) is 5.02 Å². The molecule has 1 atom stereocenters. The standard InChI is InChI=1S/C21H25ClN2O3S/c1-15(17-11-10-16-7-5-8-18(16)12-17)23-21(25)14-24(28(2,26)27)13-19-6-3-4-9-20(19)22/h3-4,6,9-12,15H,5,7-8,13-14H2,1-2H3,(H,23,25)/t15-/m0/s1. The fourth-order valence-corrected chi connectivity index (χ4v) is 4.42. The Balaban J connectivity index is 1.67. The number of carbonyl (C=O) groups excluding carboxylic acids is 1. The van der Waals surface area contributed by atoms with Gasteiger partial charge in [-0.25, -0.2) is 8.42 Å². The van der Waals surface area contributed by atoms with E-state index < -0.39 is 10.0 Å². The van der Waals surface area contributed by atoms with Gasteiger partial charge >= 0.3 is 0 Å². The molecule has 2 aromatic carbocycles. The molecule has 0 aromatic heterocycles. The van der Waals surface area contributed by atoms with E-state index in [9.17, 15) is 13.2 Å². The molecule has 1 aliphatic carbocycles. The van der Waals surface area contributed by atoms with E-state index in [-0.39, 0.29) is 25.0 Å². The first-order valence-electron chi connectivity index (χ1n) is 9.33. The van der Waals surface area contributed by atoms with Gasteiger partial charge < -0.3 is 5.32 Å². The molecule has 3 rings (SSSR count). The fraction of sp³-hybridized carbons (Fsp3) is 0.381. The number of hydrogen-bond donors (Lipinski definition) is 1. The summed E-state index contributed by atoms with van der Waals surface area (Å²) in [5, 5.41) is 3.39. The van der Waals surface area contributed by atoms with Gasteiger partial charge in [0.1, 0.15) is 0 Å². The van der Waals surface area contributed by atoms with Crippen molar-refractivity contribution in [2.45, 2.75) is 38.8 Å². The lowest BCUT2D eigenvalue weighted by atomic mass is 10.0. The highest BCUT2D eigenvalue weighted by molar-refractivity contribution is 7.88. The number of fused-ring (bicyclic) bond motifs is 1. The van der Waals surface area contributed by atoms with Crippen LogP contribution in [0.5, 0.6) is 0 Å². The molecule has 7 heteroatoms. The number of carbonyl (C=O) groups is 1. The topological polar surface area (TPSA) is 66.5 Å². The maximum Gasteiger partial charge on any atom is 0.235 e. The molecule has 0 radical (unpaired) electrons. The van der Waals surface area contributed by atoms with Crippen LogP contribution in [0.4, 0.5) is 0 Å². The van der Waals surface area contributed by atoms with Crippen LogP contribution in [0.1, 0.15) is 41.6 Å². The monoisotopic (exact) mass is 420 g/mol. The Bertz CT molecular complexity index is 975. The molecule has 1 aliphatic rings. The summed E-state index contributed by atoms with van der Waals surface area (Å²) in [4.78, 5) is 12.5. The molecule has 5 nitrogen and oxygen atoms in total. The number of nitrogens with zero attached hydrogens (tertiary/aromatic N) is 1. The molecule has 0 aliphatic heterocycles. The van der Waals surface area contributed by atoms with E-state index in [1.807, 2.05) is 13.0 Å². The third kappa shape index (κ3) is 5.13. The van der Waals surface area contributed by atoms with Gasteiger partial charge in [0.25, 0.3) is 0 Å². The zero-order valence-electron chi connectivity index (χ0n) is 16.1. The highest BCUT2D eigenvalue weighted by Gasteiger charge is 2.23. The minimum Gasteiger partial charge on any atom is -0.348 e. The molecule has 0 saturated carbocycles. The van der Waals surface area contributed by atoms with Gasteiger partial charge in [0, 0.05) is 11.6 Å². The van der Waals surface area contributed by atoms with Crippen LogP contribution in [0.15, 0.2) is 42.5 Å². The molecule has 0 saturated heterocycles. The van der Waals surface area contributed by atoms with Crippen LogP contribution < -0.4 is 5.32 Å². The van der Waals surface area contributed by atoms with E-state index in [1.165, 1.54) is 17.5 Å². The van der Waals surface area contributed by atoms with Crippen molar-refractivity contribution >= 4 is 27.5 Å². The molecule has 0 bridgehead atoms. The van der Waals surface area contributed by atoms with Crippen LogP contribution >= 0.6 is 11.6 Å². The van der Waals surface area contributed by atoms with Gasteiger partial charge in [0.05, 0.1) is 18.8 Å². The third-order valence-electron chi connectivity index (χ3n) is 5.09. The predicted molar refractivity (Wildman–Crippen MR) is 112 cm³/mol. The number of halogens is 1. The Hall–Kier alpha value is -1.89. The molecular formula is C21H25ClN2O3S. The molecule has 28 heavy (non-hydrogen) atoms. The van der Waals surface area contributed by atoms with Crippen molar-refractivity contribution in [2.75, 3.05) is 12.8 Å². The van der Waals surface area contributed by atoms with Crippen LogP contribution in [0.3, 0.4) is 0 Å². The minimum atomic E-state index is -3.57. The zero-order chi connectivity index (χ0) is 20.3. The summed E-state index contributed by atoms with van der Waals surface area (Å²) in [7, 11) is -3.57. The van der Waals surface area contributed by atoms with Gasteiger partial charge in [0.2, 0.25) is 15.9 Å². The van der Waals surface area contributed by atoms with E-state index in [4.69, 9.17) is 11.6 Å². The first-order valence-corrected chi connectivity index (χ1v) is 11.6. The van der Waals surface area contributed by atoms with Crippen molar-refractivity contribution in [1.82, 2.24) is 9.62 Å². The van der Waals surface area contributed by atoms with E-state index in [1.54, 1.807) is 24.3 Å². The summed E-state index contributed by atoms with van der Waals surface area (Å²) in [6, 6.07) is 13.1. The maximum absolute atomic E-state index is 12.5. The van der Waals surface area contributed by atoms with Crippen LogP contribution in [-0.4, -0.2) is 31.4 Å². The van der Waals surface area contributed by atoms with Gasteiger partial charge in [-0.15, -0.1) is 0 Å². The lowest BCUT2D eigenvalue weighted by Crippen LogP contribution is -2.40. The van der Waals surface area contributed by atoms with Crippen molar-refractivity contribution < 1.29 is 13.2 Å². The van der Waals surface area contributed by atoms with Crippen LogP contribution in [0, 0.1) is 0 Å². The smallest absolute Gasteiger partial charge is 0.235 e. The van der Waals surface area contributed by atoms with Crippen LogP contribution in [-0.2, 0) is 34.2 Å². The molecule has 0 fully saturated rings. The number of amides is 1. The number of benzene rings is 2. The first kappa shape index (κ1) is 20.8. The average Bonchev–Trinajstić information content (AvgIpc) is 3.09. The van der Waals surface area contributed by atoms with E-state index in [0.29, 0.717) is 10.6 Å². The Morgan fingerprint density at radius 2 is 1.89 bits per heavy atom. The summed E-state index contributed by atoms with van der Waals surface area (Å²) < 4.78 is 25.5. The van der Waals surface area contributed by atoms with Crippen molar-refractivity contribution in [1.29, 1.82) is 0 Å². The predicted octanol–water partition coefficient (Wildman–Crippen LogP) is 3.47. The highest BCUT2D eigenvalue weighted by Crippen LogP contribution is 2.25. The largest absolute Gasteiger partial charge is 0.348 e. The second kappa shape index (κ2) is 8.64. The molecule has 0 unspecified atom stereocenters. The Labute approximate surface area is 171 Å². The van der Waals surface area contributed by atoms with Crippen molar-refractivity contribution in [3.8, 4) is 0 Å². The number of hydrogen-bond acceptors (Lipinski definition) is 3. The molecule has 0 spiro atoms. The van der Waals surface area contributed by atoms with Gasteiger partial charge in [-0.2, -0.15) is 4.31 Å². The van der Waals surface area contributed by atoms with Gasteiger partial charge in [-0.05, 0) is 54.5 Å². The molecule has 150 valence electrons. The number of rotatable bonds is 7. The van der Waals surface area contributed by atoms with Crippen LogP contribution in [0.25, 0.3) is 0 Å². The Morgan fingerprint density at radius 1 is 1.18 bits per heavy atom. The molecule has 1 N–H and O–H groups in total. The molecule has 0 heterocycles. The normalized spacial score (nSPS) is 14.7. The van der Waals surface area contributed by atoms with E-state index >= 15 is 0 Å². The van der Waals surface area contributed by atoms with Gasteiger partial charge in [-0.1, -0.05) is 48.0 Å². The summed E-state index contributed by atoms with van der Waals surface area (Å²) >= 11 is 6.14. The quantitative estimate of drug-likeness (QED) is 0.745. The Morgan fingerprint density at radius 3 is 2.61 bits per heavy atom. The molecule has 1 amide bonds. The second-order valence-electron chi connectivity index (χ2n) is 7.29. The van der Waals surface area contributed by atoms with Crippen molar-refractivity contribution in [3.63, 3.8) is 0 Å². The van der Waals surface area contributed by atoms with E-state index in [0.717, 1.165) is 29.0 Å². The number of aryl methyl sites for hydroxylation is 2. The molecule has 2 aromatic rings. The van der Waals surface area contributed by atoms with Gasteiger partial charge in [0.15, 0.2) is 0 Å².